The van der Waals surface area contributed by atoms with Crippen LogP contribution < -0.4 is 5.32 Å². The Morgan fingerprint density at radius 2 is 2.00 bits per heavy atom. The van der Waals surface area contributed by atoms with E-state index in [0.717, 1.165) is 5.01 Å². The molecule has 0 unspecified atom stereocenters. The molecule has 0 saturated carbocycles. The summed E-state index contributed by atoms with van der Waals surface area (Å²) in [6.07, 6.45) is -0.896. The Bertz CT molecular complexity index is 660. The van der Waals surface area contributed by atoms with Gasteiger partial charge in [0.1, 0.15) is 10.8 Å². The van der Waals surface area contributed by atoms with Crippen molar-refractivity contribution in [3.8, 4) is 0 Å². The summed E-state index contributed by atoms with van der Waals surface area (Å²) in [7, 11) is 1.56. The minimum atomic E-state index is -0.896. The van der Waals surface area contributed by atoms with E-state index in [2.05, 4.69) is 15.5 Å². The predicted octanol–water partition coefficient (Wildman–Crippen LogP) is 3.00. The molecule has 8 heteroatoms. The van der Waals surface area contributed by atoms with Crippen LogP contribution >= 0.6 is 11.3 Å². The van der Waals surface area contributed by atoms with Crippen molar-refractivity contribution in [1.82, 2.24) is 15.1 Å². The standard InChI is InChI=1S/C15H19FN4O2S/c1-9(2)13-18-19-14(23-13)17-15(22)20(3)8-12(21)10-4-6-11(16)7-5-10/h4-7,9,12,21H,8H2,1-3H3,(H,17,19,22)/t12-/m1/s1. The molecule has 124 valence electrons. The number of amides is 2. The maximum atomic E-state index is 12.9. The van der Waals surface area contributed by atoms with E-state index in [4.69, 9.17) is 0 Å². The predicted molar refractivity (Wildman–Crippen MR) is 87.0 cm³/mol. The normalized spacial score (nSPS) is 12.3. The number of carbonyl (C=O) groups excluding carboxylic acids is 1. The zero-order valence-electron chi connectivity index (χ0n) is 13.2. The van der Waals surface area contributed by atoms with E-state index < -0.39 is 12.1 Å². The van der Waals surface area contributed by atoms with Crippen molar-refractivity contribution in [1.29, 1.82) is 0 Å². The summed E-state index contributed by atoms with van der Waals surface area (Å²) in [6, 6.07) is 5.13. The van der Waals surface area contributed by atoms with Crippen LogP contribution in [0.3, 0.4) is 0 Å². The van der Waals surface area contributed by atoms with Crippen LogP contribution in [0.4, 0.5) is 14.3 Å². The molecule has 0 radical (unpaired) electrons. The number of aromatic nitrogens is 2. The first-order valence-corrected chi connectivity index (χ1v) is 7.97. The first-order valence-electron chi connectivity index (χ1n) is 7.16. The molecular weight excluding hydrogens is 319 g/mol. The third-order valence-electron chi connectivity index (χ3n) is 3.20. The molecule has 0 fully saturated rings. The first-order chi connectivity index (χ1) is 10.9. The van der Waals surface area contributed by atoms with Gasteiger partial charge in [0.05, 0.1) is 12.6 Å². The van der Waals surface area contributed by atoms with Gasteiger partial charge in [0.2, 0.25) is 5.13 Å². The fraction of sp³-hybridized carbons (Fsp3) is 0.400. The molecule has 6 nitrogen and oxygen atoms in total. The highest BCUT2D eigenvalue weighted by Crippen LogP contribution is 2.22. The smallest absolute Gasteiger partial charge is 0.323 e. The summed E-state index contributed by atoms with van der Waals surface area (Å²) in [6.45, 7) is 4.07. The SMILES string of the molecule is CC(C)c1nnc(NC(=O)N(C)C[C@@H](O)c2ccc(F)cc2)s1. The number of likely N-dealkylation sites (N-methyl/N-ethyl adjacent to an activating group) is 1. The second-order valence-electron chi connectivity index (χ2n) is 5.48. The molecule has 1 aromatic heterocycles. The Labute approximate surface area is 138 Å². The van der Waals surface area contributed by atoms with Crippen LogP contribution in [0.15, 0.2) is 24.3 Å². The van der Waals surface area contributed by atoms with Gasteiger partial charge in [-0.2, -0.15) is 0 Å². The van der Waals surface area contributed by atoms with E-state index >= 15 is 0 Å². The van der Waals surface area contributed by atoms with Gasteiger partial charge in [-0.3, -0.25) is 5.32 Å². The number of nitrogens with one attached hydrogen (secondary N) is 1. The molecule has 2 rings (SSSR count). The van der Waals surface area contributed by atoms with E-state index in [0.29, 0.717) is 10.7 Å². The average molecular weight is 338 g/mol. The Kier molecular flexibility index (Phi) is 5.62. The van der Waals surface area contributed by atoms with Crippen LogP contribution in [0.1, 0.15) is 36.4 Å². The number of anilines is 1. The Morgan fingerprint density at radius 3 is 2.57 bits per heavy atom. The average Bonchev–Trinajstić information content (AvgIpc) is 2.96. The van der Waals surface area contributed by atoms with Gasteiger partial charge in [0.25, 0.3) is 0 Å². The lowest BCUT2D eigenvalue weighted by Gasteiger charge is -2.20. The summed E-state index contributed by atoms with van der Waals surface area (Å²) in [5.41, 5.74) is 0.545. The van der Waals surface area contributed by atoms with Gasteiger partial charge < -0.3 is 10.0 Å². The molecule has 0 bridgehead atoms. The van der Waals surface area contributed by atoms with Crippen LogP contribution in [-0.2, 0) is 0 Å². The summed E-state index contributed by atoms with van der Waals surface area (Å²) in [4.78, 5) is 13.4. The lowest BCUT2D eigenvalue weighted by atomic mass is 10.1. The van der Waals surface area contributed by atoms with Gasteiger partial charge in [-0.05, 0) is 17.7 Å². The van der Waals surface area contributed by atoms with Crippen LogP contribution in [0.25, 0.3) is 0 Å². The van der Waals surface area contributed by atoms with Crippen molar-refractivity contribution in [2.45, 2.75) is 25.9 Å². The molecule has 2 N–H and O–H groups in total. The Balaban J connectivity index is 1.92. The van der Waals surface area contributed by atoms with Gasteiger partial charge in [0.15, 0.2) is 0 Å². The van der Waals surface area contributed by atoms with Crippen molar-refractivity contribution in [2.75, 3.05) is 18.9 Å². The second kappa shape index (κ2) is 7.47. The maximum absolute atomic E-state index is 12.9. The number of urea groups is 1. The molecule has 0 aliphatic carbocycles. The molecule has 0 aliphatic rings. The third-order valence-corrected chi connectivity index (χ3v) is 4.34. The molecule has 23 heavy (non-hydrogen) atoms. The van der Waals surface area contributed by atoms with Crippen molar-refractivity contribution < 1.29 is 14.3 Å². The van der Waals surface area contributed by atoms with Crippen molar-refractivity contribution >= 4 is 22.5 Å². The lowest BCUT2D eigenvalue weighted by Crippen LogP contribution is -2.34. The highest BCUT2D eigenvalue weighted by atomic mass is 32.1. The minimum Gasteiger partial charge on any atom is -0.387 e. The maximum Gasteiger partial charge on any atom is 0.323 e. The number of carbonyl (C=O) groups is 1. The van der Waals surface area contributed by atoms with Gasteiger partial charge in [-0.25, -0.2) is 9.18 Å². The molecule has 1 heterocycles. The number of hydrogen-bond donors (Lipinski definition) is 2. The third kappa shape index (κ3) is 4.70. The zero-order valence-corrected chi connectivity index (χ0v) is 14.0. The molecule has 2 aromatic rings. The highest BCUT2D eigenvalue weighted by molar-refractivity contribution is 7.15. The number of aliphatic hydroxyl groups is 1. The first kappa shape index (κ1) is 17.3. The van der Waals surface area contributed by atoms with Crippen LogP contribution in [0.5, 0.6) is 0 Å². The van der Waals surface area contributed by atoms with E-state index in [1.807, 2.05) is 13.8 Å². The minimum absolute atomic E-state index is 0.0767. The van der Waals surface area contributed by atoms with Crippen LogP contribution in [-0.4, -0.2) is 39.8 Å². The Hall–Kier alpha value is -2.06. The van der Waals surface area contributed by atoms with E-state index in [1.165, 1.54) is 40.5 Å². The summed E-state index contributed by atoms with van der Waals surface area (Å²) >= 11 is 1.32. The number of benzene rings is 1. The molecule has 1 aromatic carbocycles. The topological polar surface area (TPSA) is 78.4 Å². The molecule has 0 saturated heterocycles. The van der Waals surface area contributed by atoms with E-state index in [9.17, 15) is 14.3 Å². The molecule has 1 atom stereocenters. The monoisotopic (exact) mass is 338 g/mol. The molecule has 2 amide bonds. The molecule has 0 aliphatic heterocycles. The quantitative estimate of drug-likeness (QED) is 0.878. The number of aliphatic hydroxyl groups excluding tert-OH is 1. The number of hydrogen-bond acceptors (Lipinski definition) is 5. The second-order valence-corrected chi connectivity index (χ2v) is 6.49. The van der Waals surface area contributed by atoms with E-state index in [-0.39, 0.29) is 18.3 Å². The largest absolute Gasteiger partial charge is 0.387 e. The summed E-state index contributed by atoms with van der Waals surface area (Å²) in [5.74, 6) is -0.125. The van der Waals surface area contributed by atoms with Crippen LogP contribution in [0.2, 0.25) is 0 Å². The summed E-state index contributed by atoms with van der Waals surface area (Å²) < 4.78 is 12.9. The van der Waals surface area contributed by atoms with Crippen molar-refractivity contribution in [3.63, 3.8) is 0 Å². The van der Waals surface area contributed by atoms with Crippen LogP contribution in [0, 0.1) is 5.82 Å². The fourth-order valence-electron chi connectivity index (χ4n) is 1.84. The van der Waals surface area contributed by atoms with Gasteiger partial charge in [0, 0.05) is 13.0 Å². The lowest BCUT2D eigenvalue weighted by molar-refractivity contribution is 0.136. The number of nitrogens with zero attached hydrogens (tertiary/aromatic N) is 3. The molecular formula is C15H19FN4O2S. The fourth-order valence-corrected chi connectivity index (χ4v) is 2.57. The summed E-state index contributed by atoms with van der Waals surface area (Å²) in [5, 5.41) is 21.9. The number of halogens is 1. The van der Waals surface area contributed by atoms with E-state index in [1.54, 1.807) is 7.05 Å². The number of rotatable bonds is 5. The van der Waals surface area contributed by atoms with Gasteiger partial charge >= 0.3 is 6.03 Å². The van der Waals surface area contributed by atoms with Gasteiger partial charge in [-0.15, -0.1) is 10.2 Å². The highest BCUT2D eigenvalue weighted by Gasteiger charge is 2.17. The van der Waals surface area contributed by atoms with Crippen molar-refractivity contribution in [2.24, 2.45) is 0 Å². The zero-order chi connectivity index (χ0) is 17.0. The van der Waals surface area contributed by atoms with Crippen molar-refractivity contribution in [3.05, 3.63) is 40.7 Å². The van der Waals surface area contributed by atoms with Gasteiger partial charge in [-0.1, -0.05) is 37.3 Å². The molecule has 0 spiro atoms. The Morgan fingerprint density at radius 1 is 1.35 bits per heavy atom.